The number of hydrogen-bond acceptors (Lipinski definition) is 2. The molecule has 1 aliphatic carbocycles. The topological polar surface area (TPSA) is 49.4 Å². The Morgan fingerprint density at radius 3 is 2.62 bits per heavy atom. The second-order valence-electron chi connectivity index (χ2n) is 6.63. The Kier molecular flexibility index (Phi) is 3.70. The lowest BCUT2D eigenvalue weighted by atomic mass is 10.0. The van der Waals surface area contributed by atoms with Gasteiger partial charge in [0.05, 0.1) is 0 Å². The fraction of sp³-hybridized carbons (Fsp3) is 0.529. The van der Waals surface area contributed by atoms with Crippen molar-refractivity contribution in [3.05, 3.63) is 35.9 Å². The van der Waals surface area contributed by atoms with E-state index in [1.54, 1.807) is 0 Å². The largest absolute Gasteiger partial charge is 0.344 e. The van der Waals surface area contributed by atoms with E-state index in [9.17, 15) is 9.59 Å². The summed E-state index contributed by atoms with van der Waals surface area (Å²) in [6, 6.07) is 9.44. The number of hydrogen-bond donors (Lipinski definition) is 1. The molecule has 0 spiro atoms. The van der Waals surface area contributed by atoms with Crippen LogP contribution in [-0.2, 0) is 16.0 Å². The van der Waals surface area contributed by atoms with Crippen LogP contribution in [0.2, 0.25) is 0 Å². The molecule has 0 aromatic heterocycles. The third-order valence-corrected chi connectivity index (χ3v) is 4.51. The summed E-state index contributed by atoms with van der Waals surface area (Å²) in [6.07, 6.45) is 3.34. The number of rotatable bonds is 4. The Hall–Kier alpha value is -1.84. The molecule has 3 rings (SSSR count). The van der Waals surface area contributed by atoms with Crippen molar-refractivity contribution in [3.63, 3.8) is 0 Å². The first-order chi connectivity index (χ1) is 10.1. The Morgan fingerprint density at radius 2 is 1.95 bits per heavy atom. The lowest BCUT2D eigenvalue weighted by Crippen LogP contribution is -2.47. The smallest absolute Gasteiger partial charge is 0.245 e. The molecule has 1 heterocycles. The van der Waals surface area contributed by atoms with Gasteiger partial charge >= 0.3 is 0 Å². The van der Waals surface area contributed by atoms with Gasteiger partial charge in [0.2, 0.25) is 11.8 Å². The lowest BCUT2D eigenvalue weighted by molar-refractivity contribution is -0.134. The Labute approximate surface area is 125 Å². The van der Waals surface area contributed by atoms with E-state index in [0.717, 1.165) is 12.1 Å². The third kappa shape index (κ3) is 3.43. The molecule has 0 bridgehead atoms. The molecule has 21 heavy (non-hydrogen) atoms. The molecule has 1 aromatic carbocycles. The molecule has 1 saturated heterocycles. The molecular formula is C17H22N2O2. The summed E-state index contributed by atoms with van der Waals surface area (Å²) in [5, 5.41) is 2.88. The van der Waals surface area contributed by atoms with E-state index in [2.05, 4.69) is 12.2 Å². The van der Waals surface area contributed by atoms with E-state index < -0.39 is 6.04 Å². The Balaban J connectivity index is 1.73. The minimum Gasteiger partial charge on any atom is -0.344 e. The molecule has 1 atom stereocenters. The molecule has 2 aliphatic rings. The third-order valence-electron chi connectivity index (χ3n) is 4.51. The minimum atomic E-state index is -0.426. The van der Waals surface area contributed by atoms with E-state index >= 15 is 0 Å². The number of nitrogens with one attached hydrogen (secondary N) is 1. The average molecular weight is 286 g/mol. The van der Waals surface area contributed by atoms with E-state index in [1.807, 2.05) is 35.2 Å². The summed E-state index contributed by atoms with van der Waals surface area (Å²) in [4.78, 5) is 26.5. The van der Waals surface area contributed by atoms with Crippen molar-refractivity contribution >= 4 is 11.8 Å². The van der Waals surface area contributed by atoms with Gasteiger partial charge in [0.1, 0.15) is 6.04 Å². The molecule has 1 unspecified atom stereocenters. The Morgan fingerprint density at radius 1 is 1.24 bits per heavy atom. The van der Waals surface area contributed by atoms with Crippen LogP contribution in [0.15, 0.2) is 30.3 Å². The maximum Gasteiger partial charge on any atom is 0.245 e. The zero-order valence-electron chi connectivity index (χ0n) is 12.5. The molecule has 0 radical (unpaired) electrons. The second kappa shape index (κ2) is 5.51. The predicted molar refractivity (Wildman–Crippen MR) is 80.6 cm³/mol. The van der Waals surface area contributed by atoms with Crippen molar-refractivity contribution in [2.24, 2.45) is 5.41 Å². The minimum absolute atomic E-state index is 0.0206. The van der Waals surface area contributed by atoms with Crippen LogP contribution in [0.3, 0.4) is 0 Å². The molecule has 1 N–H and O–H groups in total. The molecular weight excluding hydrogens is 264 g/mol. The molecule has 112 valence electrons. The first kappa shape index (κ1) is 14.1. The average Bonchev–Trinajstić information content (AvgIpc) is 3.22. The zero-order valence-corrected chi connectivity index (χ0v) is 12.5. The predicted octanol–water partition coefficient (Wildman–Crippen LogP) is 1.75. The Bertz CT molecular complexity index is 537. The fourth-order valence-electron chi connectivity index (χ4n) is 2.87. The molecule has 1 saturated carbocycles. The summed E-state index contributed by atoms with van der Waals surface area (Å²) >= 11 is 0. The number of amides is 2. The first-order valence-electron chi connectivity index (χ1n) is 7.68. The summed E-state index contributed by atoms with van der Waals surface area (Å²) in [5.74, 6) is 0.0468. The highest BCUT2D eigenvalue weighted by Crippen LogP contribution is 2.45. The van der Waals surface area contributed by atoms with Crippen LogP contribution in [0.1, 0.15) is 31.7 Å². The first-order valence-corrected chi connectivity index (χ1v) is 7.68. The molecule has 2 amide bonds. The summed E-state index contributed by atoms with van der Waals surface area (Å²) < 4.78 is 0. The van der Waals surface area contributed by atoms with Gasteiger partial charge in [-0.25, -0.2) is 0 Å². The van der Waals surface area contributed by atoms with Crippen LogP contribution in [-0.4, -0.2) is 35.8 Å². The van der Waals surface area contributed by atoms with Crippen molar-refractivity contribution in [1.82, 2.24) is 10.2 Å². The number of nitrogens with zero attached hydrogens (tertiary/aromatic N) is 1. The molecule has 1 aromatic rings. The van der Waals surface area contributed by atoms with Crippen LogP contribution >= 0.6 is 0 Å². The maximum absolute atomic E-state index is 12.7. The van der Waals surface area contributed by atoms with Crippen LogP contribution in [0.5, 0.6) is 0 Å². The molecule has 2 fully saturated rings. The highest BCUT2D eigenvalue weighted by molar-refractivity contribution is 5.90. The maximum atomic E-state index is 12.7. The van der Waals surface area contributed by atoms with Gasteiger partial charge in [0.25, 0.3) is 0 Å². The zero-order chi connectivity index (χ0) is 14.9. The van der Waals surface area contributed by atoms with Crippen molar-refractivity contribution < 1.29 is 9.59 Å². The molecule has 4 heteroatoms. The number of benzene rings is 1. The van der Waals surface area contributed by atoms with Crippen LogP contribution < -0.4 is 5.32 Å². The molecule has 4 nitrogen and oxygen atoms in total. The van der Waals surface area contributed by atoms with Gasteiger partial charge in [-0.1, -0.05) is 37.3 Å². The van der Waals surface area contributed by atoms with Gasteiger partial charge in [-0.05, 0) is 23.8 Å². The summed E-state index contributed by atoms with van der Waals surface area (Å²) in [7, 11) is 0. The lowest BCUT2D eigenvalue weighted by Gasteiger charge is -2.26. The van der Waals surface area contributed by atoms with Crippen molar-refractivity contribution in [3.8, 4) is 0 Å². The van der Waals surface area contributed by atoms with Crippen molar-refractivity contribution in [2.75, 3.05) is 13.1 Å². The fourth-order valence-corrected chi connectivity index (χ4v) is 2.87. The van der Waals surface area contributed by atoms with E-state index in [4.69, 9.17) is 0 Å². The van der Waals surface area contributed by atoms with Crippen LogP contribution in [0, 0.1) is 5.41 Å². The van der Waals surface area contributed by atoms with Crippen LogP contribution in [0.25, 0.3) is 0 Å². The van der Waals surface area contributed by atoms with Gasteiger partial charge in [-0.15, -0.1) is 0 Å². The highest BCUT2D eigenvalue weighted by Gasteiger charge is 2.41. The normalized spacial score (nSPS) is 24.4. The van der Waals surface area contributed by atoms with E-state index in [-0.39, 0.29) is 17.2 Å². The van der Waals surface area contributed by atoms with Gasteiger partial charge < -0.3 is 10.2 Å². The standard InChI is InChI=1S/C17H22N2O2/c1-17(8-9-17)12-19-10-7-15(20)18-14(16(19)21)11-13-5-3-2-4-6-13/h2-6,14H,7-12H2,1H3,(H,18,20). The quantitative estimate of drug-likeness (QED) is 0.916. The van der Waals surface area contributed by atoms with Crippen LogP contribution in [0.4, 0.5) is 0 Å². The van der Waals surface area contributed by atoms with Crippen molar-refractivity contribution in [1.29, 1.82) is 0 Å². The highest BCUT2D eigenvalue weighted by atomic mass is 16.2. The number of carbonyl (C=O) groups is 2. The molecule has 1 aliphatic heterocycles. The van der Waals surface area contributed by atoms with Crippen molar-refractivity contribution in [2.45, 2.75) is 38.6 Å². The number of carbonyl (C=O) groups excluding carboxylic acids is 2. The monoisotopic (exact) mass is 286 g/mol. The summed E-state index contributed by atoms with van der Waals surface area (Å²) in [5.41, 5.74) is 1.36. The van der Waals surface area contributed by atoms with E-state index in [1.165, 1.54) is 12.8 Å². The van der Waals surface area contributed by atoms with Gasteiger partial charge in [0, 0.05) is 25.9 Å². The summed E-state index contributed by atoms with van der Waals surface area (Å²) in [6.45, 7) is 3.55. The van der Waals surface area contributed by atoms with E-state index in [0.29, 0.717) is 19.4 Å². The van der Waals surface area contributed by atoms with Gasteiger partial charge in [-0.2, -0.15) is 0 Å². The SMILES string of the molecule is CC1(CN2CCC(=O)NC(Cc3ccccc3)C2=O)CC1. The van der Waals surface area contributed by atoms with Gasteiger partial charge in [-0.3, -0.25) is 9.59 Å². The second-order valence-corrected chi connectivity index (χ2v) is 6.63. The van der Waals surface area contributed by atoms with Gasteiger partial charge in [0.15, 0.2) is 0 Å².